The molecule has 114 valence electrons. The second-order valence-corrected chi connectivity index (χ2v) is 7.64. The monoisotopic (exact) mass is 324 g/mol. The molecule has 0 spiro atoms. The van der Waals surface area contributed by atoms with Crippen molar-refractivity contribution in [3.05, 3.63) is 45.6 Å². The number of anilines is 1. The van der Waals surface area contributed by atoms with Gasteiger partial charge < -0.3 is 5.73 Å². The van der Waals surface area contributed by atoms with Gasteiger partial charge in [-0.2, -0.15) is 0 Å². The predicted molar refractivity (Wildman–Crippen MR) is 88.3 cm³/mol. The summed E-state index contributed by atoms with van der Waals surface area (Å²) in [4.78, 5) is 1.07. The van der Waals surface area contributed by atoms with Gasteiger partial charge in [-0.1, -0.05) is 17.7 Å². The molecular weight excluding hydrogens is 304 g/mol. The van der Waals surface area contributed by atoms with E-state index in [0.717, 1.165) is 11.1 Å². The Kier molecular flexibility index (Phi) is 4.70. The Labute approximate surface area is 130 Å². The molecule has 0 saturated heterocycles. The van der Waals surface area contributed by atoms with Gasteiger partial charge in [-0.3, -0.25) is 4.31 Å². The minimum absolute atomic E-state index is 0.235. The van der Waals surface area contributed by atoms with Crippen LogP contribution in [0.25, 0.3) is 0 Å². The molecule has 2 rings (SSSR count). The van der Waals surface area contributed by atoms with Crippen LogP contribution in [0.15, 0.2) is 34.5 Å². The molecule has 2 aromatic rings. The first kappa shape index (κ1) is 16.0. The van der Waals surface area contributed by atoms with Crippen molar-refractivity contribution in [2.45, 2.75) is 32.2 Å². The molecule has 0 aliphatic carbocycles. The number of benzene rings is 1. The lowest BCUT2D eigenvalue weighted by Gasteiger charge is -2.23. The molecule has 0 radical (unpaired) electrons. The fraction of sp³-hybridized carbons (Fsp3) is 0.333. The maximum atomic E-state index is 13.0. The van der Waals surface area contributed by atoms with E-state index in [1.54, 1.807) is 0 Å². The van der Waals surface area contributed by atoms with Crippen molar-refractivity contribution < 1.29 is 8.42 Å². The predicted octanol–water partition coefficient (Wildman–Crippen LogP) is 3.04. The second kappa shape index (κ2) is 6.17. The van der Waals surface area contributed by atoms with Gasteiger partial charge in [-0.25, -0.2) is 8.42 Å². The van der Waals surface area contributed by atoms with Crippen LogP contribution >= 0.6 is 11.3 Å². The van der Waals surface area contributed by atoms with E-state index in [2.05, 4.69) is 0 Å². The third-order valence-corrected chi connectivity index (χ3v) is 6.72. The Hall–Kier alpha value is -1.37. The molecule has 0 amide bonds. The normalized spacial score (nSPS) is 11.6. The maximum absolute atomic E-state index is 13.0. The van der Waals surface area contributed by atoms with Crippen LogP contribution in [0.2, 0.25) is 0 Å². The number of rotatable bonds is 5. The highest BCUT2D eigenvalue weighted by Crippen LogP contribution is 2.31. The van der Waals surface area contributed by atoms with Crippen LogP contribution < -0.4 is 10.0 Å². The minimum atomic E-state index is -3.58. The lowest BCUT2D eigenvalue weighted by Crippen LogP contribution is -2.31. The lowest BCUT2D eigenvalue weighted by molar-refractivity contribution is 0.590. The topological polar surface area (TPSA) is 63.4 Å². The molecule has 6 heteroatoms. The van der Waals surface area contributed by atoms with Crippen LogP contribution in [0.1, 0.15) is 22.9 Å². The van der Waals surface area contributed by atoms with Crippen LogP contribution in [-0.4, -0.2) is 15.0 Å². The third kappa shape index (κ3) is 2.97. The van der Waals surface area contributed by atoms with Crippen molar-refractivity contribution in [2.24, 2.45) is 5.73 Å². The van der Waals surface area contributed by atoms with E-state index in [-0.39, 0.29) is 6.54 Å². The van der Waals surface area contributed by atoms with Gasteiger partial charge >= 0.3 is 0 Å². The Bertz CT molecular complexity index is 719. The average molecular weight is 324 g/mol. The number of thiophene rings is 1. The zero-order valence-corrected chi connectivity index (χ0v) is 14.1. The molecule has 1 aromatic heterocycles. The first-order valence-electron chi connectivity index (χ1n) is 6.78. The van der Waals surface area contributed by atoms with Crippen LogP contribution in [0.3, 0.4) is 0 Å². The van der Waals surface area contributed by atoms with Crippen LogP contribution in [0.5, 0.6) is 0 Å². The van der Waals surface area contributed by atoms with E-state index in [0.29, 0.717) is 22.0 Å². The van der Waals surface area contributed by atoms with E-state index in [9.17, 15) is 8.42 Å². The molecule has 1 aromatic carbocycles. The van der Waals surface area contributed by atoms with Gasteiger partial charge in [0.2, 0.25) is 0 Å². The number of sulfonamides is 1. The Morgan fingerprint density at radius 2 is 1.81 bits per heavy atom. The first-order chi connectivity index (χ1) is 9.91. The summed E-state index contributed by atoms with van der Waals surface area (Å²) in [6, 6.07) is 7.50. The summed E-state index contributed by atoms with van der Waals surface area (Å²) in [6.07, 6.45) is 0. The summed E-state index contributed by atoms with van der Waals surface area (Å²) in [5, 5.41) is 1.85. The highest BCUT2D eigenvalue weighted by molar-refractivity contribution is 7.93. The fourth-order valence-corrected chi connectivity index (χ4v) is 5.42. The zero-order chi connectivity index (χ0) is 15.6. The van der Waals surface area contributed by atoms with Crippen LogP contribution in [0, 0.1) is 13.8 Å². The molecule has 0 bridgehead atoms. The number of hydrogen-bond donors (Lipinski definition) is 1. The van der Waals surface area contributed by atoms with E-state index < -0.39 is 10.0 Å². The highest BCUT2D eigenvalue weighted by atomic mass is 32.2. The standard InChI is InChI=1S/C15H20N2O2S2/c1-4-17(13-7-5-11(2)6-8-13)21(18,19)15-12(3)10-20-14(15)9-16/h5-8,10H,4,9,16H2,1-3H3. The molecule has 0 aliphatic rings. The van der Waals surface area contributed by atoms with Crippen molar-refractivity contribution >= 4 is 27.0 Å². The number of nitrogens with two attached hydrogens (primary N) is 1. The Morgan fingerprint density at radius 3 is 2.33 bits per heavy atom. The van der Waals surface area contributed by atoms with Gasteiger partial charge in [0.15, 0.2) is 0 Å². The summed E-state index contributed by atoms with van der Waals surface area (Å²) in [7, 11) is -3.58. The second-order valence-electron chi connectivity index (χ2n) is 4.88. The molecule has 0 unspecified atom stereocenters. The average Bonchev–Trinajstić information content (AvgIpc) is 2.83. The van der Waals surface area contributed by atoms with Gasteiger partial charge in [-0.15, -0.1) is 11.3 Å². The van der Waals surface area contributed by atoms with Crippen LogP contribution in [-0.2, 0) is 16.6 Å². The van der Waals surface area contributed by atoms with Crippen molar-refractivity contribution in [1.82, 2.24) is 0 Å². The van der Waals surface area contributed by atoms with Crippen molar-refractivity contribution in [2.75, 3.05) is 10.8 Å². The highest BCUT2D eigenvalue weighted by Gasteiger charge is 2.28. The van der Waals surface area contributed by atoms with Gasteiger partial charge in [-0.05, 0) is 43.8 Å². The number of aryl methyl sites for hydroxylation is 2. The summed E-state index contributed by atoms with van der Waals surface area (Å²) in [5.74, 6) is 0. The third-order valence-electron chi connectivity index (χ3n) is 3.33. The summed E-state index contributed by atoms with van der Waals surface area (Å²) >= 11 is 1.40. The molecule has 0 saturated carbocycles. The first-order valence-corrected chi connectivity index (χ1v) is 9.10. The molecular formula is C15H20N2O2S2. The molecule has 0 atom stereocenters. The summed E-state index contributed by atoms with van der Waals surface area (Å²) in [6.45, 7) is 6.24. The van der Waals surface area contributed by atoms with Crippen molar-refractivity contribution in [1.29, 1.82) is 0 Å². The summed E-state index contributed by atoms with van der Waals surface area (Å²) in [5.41, 5.74) is 8.22. The Balaban J connectivity index is 2.54. The molecule has 0 aliphatic heterocycles. The SMILES string of the molecule is CCN(c1ccc(C)cc1)S(=O)(=O)c1c(C)csc1CN. The zero-order valence-electron chi connectivity index (χ0n) is 12.5. The smallest absolute Gasteiger partial charge is 0.265 e. The maximum Gasteiger partial charge on any atom is 0.265 e. The molecule has 4 nitrogen and oxygen atoms in total. The van der Waals surface area contributed by atoms with E-state index in [4.69, 9.17) is 5.73 Å². The number of nitrogens with zero attached hydrogens (tertiary/aromatic N) is 1. The molecule has 2 N–H and O–H groups in total. The Morgan fingerprint density at radius 1 is 1.19 bits per heavy atom. The number of hydrogen-bond acceptors (Lipinski definition) is 4. The van der Waals surface area contributed by atoms with Gasteiger partial charge in [0, 0.05) is 18.0 Å². The largest absolute Gasteiger partial charge is 0.326 e. The van der Waals surface area contributed by atoms with Gasteiger partial charge in [0.1, 0.15) is 4.90 Å². The van der Waals surface area contributed by atoms with Gasteiger partial charge in [0.05, 0.1) is 5.69 Å². The minimum Gasteiger partial charge on any atom is -0.326 e. The quantitative estimate of drug-likeness (QED) is 0.919. The van der Waals surface area contributed by atoms with E-state index in [1.807, 2.05) is 50.4 Å². The van der Waals surface area contributed by atoms with Crippen molar-refractivity contribution in [3.8, 4) is 0 Å². The lowest BCUT2D eigenvalue weighted by atomic mass is 10.2. The molecule has 1 heterocycles. The van der Waals surface area contributed by atoms with Crippen molar-refractivity contribution in [3.63, 3.8) is 0 Å². The molecule has 0 fully saturated rings. The molecule has 21 heavy (non-hydrogen) atoms. The van der Waals surface area contributed by atoms with E-state index >= 15 is 0 Å². The van der Waals surface area contributed by atoms with E-state index in [1.165, 1.54) is 15.6 Å². The van der Waals surface area contributed by atoms with Crippen LogP contribution in [0.4, 0.5) is 5.69 Å². The van der Waals surface area contributed by atoms with Gasteiger partial charge in [0.25, 0.3) is 10.0 Å². The fourth-order valence-electron chi connectivity index (χ4n) is 2.29. The summed E-state index contributed by atoms with van der Waals surface area (Å²) < 4.78 is 27.4.